The second-order valence-corrected chi connectivity index (χ2v) is 7.29. The third-order valence-electron chi connectivity index (χ3n) is 3.33. The van der Waals surface area contributed by atoms with E-state index >= 15 is 0 Å². The van der Waals surface area contributed by atoms with E-state index < -0.39 is 16.1 Å². The van der Waals surface area contributed by atoms with Gasteiger partial charge in [-0.3, -0.25) is 0 Å². The van der Waals surface area contributed by atoms with Crippen LogP contribution in [0.1, 0.15) is 18.1 Å². The van der Waals surface area contributed by atoms with Gasteiger partial charge in [-0.15, -0.1) is 0 Å². The minimum atomic E-state index is -3.68. The predicted molar refractivity (Wildman–Crippen MR) is 96.8 cm³/mol. The van der Waals surface area contributed by atoms with Gasteiger partial charge in [-0.1, -0.05) is 41.9 Å². The van der Waals surface area contributed by atoms with Crippen molar-refractivity contribution in [2.45, 2.75) is 18.4 Å². The molecule has 0 aromatic heterocycles. The lowest BCUT2D eigenvalue weighted by Gasteiger charge is -2.09. The standard InChI is InChI=1S/C16H17ClN4O3S/c1-11(20-21-16(18)22)12-6-8-14(9-7-12)25(23,24)19-10-13-4-2-3-5-15(13)17/h2-9,19H,10H2,1H3,(H3,18,21,22)/b20-11-. The lowest BCUT2D eigenvalue weighted by Crippen LogP contribution is -2.25. The van der Waals surface area contributed by atoms with Crippen molar-refractivity contribution in [3.05, 3.63) is 64.7 Å². The van der Waals surface area contributed by atoms with E-state index in [-0.39, 0.29) is 11.4 Å². The molecule has 0 spiro atoms. The Bertz CT molecular complexity index is 896. The number of nitrogens with zero attached hydrogens (tertiary/aromatic N) is 1. The predicted octanol–water partition coefficient (Wildman–Crippen LogP) is 2.21. The summed E-state index contributed by atoms with van der Waals surface area (Å²) in [7, 11) is -3.68. The van der Waals surface area contributed by atoms with Gasteiger partial charge in [0.05, 0.1) is 10.6 Å². The Kier molecular flexibility index (Phi) is 6.13. The van der Waals surface area contributed by atoms with Crippen LogP contribution < -0.4 is 15.9 Å². The highest BCUT2D eigenvalue weighted by atomic mass is 35.5. The first-order valence-electron chi connectivity index (χ1n) is 7.23. The van der Waals surface area contributed by atoms with Crippen LogP contribution in [0, 0.1) is 0 Å². The number of nitrogens with two attached hydrogens (primary N) is 1. The van der Waals surface area contributed by atoms with Gasteiger partial charge < -0.3 is 5.73 Å². The van der Waals surface area contributed by atoms with Gasteiger partial charge >= 0.3 is 6.03 Å². The number of nitrogens with one attached hydrogen (secondary N) is 2. The van der Waals surface area contributed by atoms with Gasteiger partial charge in [0, 0.05) is 11.6 Å². The molecule has 9 heteroatoms. The van der Waals surface area contributed by atoms with E-state index in [0.29, 0.717) is 21.9 Å². The first kappa shape index (κ1) is 18.9. The van der Waals surface area contributed by atoms with Crippen molar-refractivity contribution in [1.29, 1.82) is 0 Å². The molecule has 132 valence electrons. The fraction of sp³-hybridized carbons (Fsp3) is 0.125. The quantitative estimate of drug-likeness (QED) is 0.527. The van der Waals surface area contributed by atoms with Crippen LogP contribution in [0.15, 0.2) is 58.5 Å². The summed E-state index contributed by atoms with van der Waals surface area (Å²) in [6, 6.07) is 12.3. The normalized spacial score (nSPS) is 12.0. The Labute approximate surface area is 150 Å². The van der Waals surface area contributed by atoms with Crippen molar-refractivity contribution in [3.8, 4) is 0 Å². The summed E-state index contributed by atoms with van der Waals surface area (Å²) in [4.78, 5) is 10.8. The number of carbonyl (C=O) groups is 1. The number of rotatable bonds is 6. The van der Waals surface area contributed by atoms with Gasteiger partial charge in [0.1, 0.15) is 0 Å². The molecule has 2 aromatic rings. The highest BCUT2D eigenvalue weighted by Gasteiger charge is 2.14. The van der Waals surface area contributed by atoms with Crippen LogP contribution in [0.2, 0.25) is 5.02 Å². The maximum atomic E-state index is 12.4. The zero-order valence-corrected chi connectivity index (χ0v) is 14.9. The van der Waals surface area contributed by atoms with E-state index in [0.717, 1.165) is 0 Å². The number of amides is 2. The Balaban J connectivity index is 2.11. The smallest absolute Gasteiger partial charge is 0.332 e. The van der Waals surface area contributed by atoms with Crippen molar-refractivity contribution in [3.63, 3.8) is 0 Å². The van der Waals surface area contributed by atoms with Gasteiger partial charge in [0.2, 0.25) is 10.0 Å². The SMILES string of the molecule is C/C(=N/NC(N)=O)c1ccc(S(=O)(=O)NCc2ccccc2Cl)cc1. The average Bonchev–Trinajstić information content (AvgIpc) is 2.59. The van der Waals surface area contributed by atoms with Crippen LogP contribution in [0.4, 0.5) is 4.79 Å². The number of benzene rings is 2. The van der Waals surface area contributed by atoms with E-state index in [1.807, 2.05) is 0 Å². The molecule has 7 nitrogen and oxygen atoms in total. The second kappa shape index (κ2) is 8.11. The van der Waals surface area contributed by atoms with Gasteiger partial charge in [-0.25, -0.2) is 23.4 Å². The van der Waals surface area contributed by atoms with Gasteiger partial charge in [-0.05, 0) is 36.2 Å². The molecule has 2 aromatic carbocycles. The van der Waals surface area contributed by atoms with Crippen molar-refractivity contribution in [1.82, 2.24) is 10.1 Å². The van der Waals surface area contributed by atoms with Gasteiger partial charge in [0.25, 0.3) is 0 Å². The second-order valence-electron chi connectivity index (χ2n) is 5.11. The number of urea groups is 1. The number of carbonyl (C=O) groups excluding carboxylic acids is 1. The van der Waals surface area contributed by atoms with Crippen LogP contribution in [-0.4, -0.2) is 20.2 Å². The Morgan fingerprint density at radius 3 is 2.40 bits per heavy atom. The summed E-state index contributed by atoms with van der Waals surface area (Å²) >= 11 is 6.02. The highest BCUT2D eigenvalue weighted by molar-refractivity contribution is 7.89. The van der Waals surface area contributed by atoms with E-state index in [9.17, 15) is 13.2 Å². The van der Waals surface area contributed by atoms with E-state index in [1.54, 1.807) is 43.3 Å². The molecule has 0 unspecified atom stereocenters. The third-order valence-corrected chi connectivity index (χ3v) is 5.11. The fourth-order valence-electron chi connectivity index (χ4n) is 1.98. The van der Waals surface area contributed by atoms with Gasteiger partial charge in [-0.2, -0.15) is 5.10 Å². The molecule has 2 amide bonds. The zero-order valence-electron chi connectivity index (χ0n) is 13.4. The summed E-state index contributed by atoms with van der Waals surface area (Å²) in [6.07, 6.45) is 0. The van der Waals surface area contributed by atoms with Crippen molar-refractivity contribution in [2.75, 3.05) is 0 Å². The summed E-state index contributed by atoms with van der Waals surface area (Å²) in [5.74, 6) is 0. The molecule has 0 saturated carbocycles. The maximum absolute atomic E-state index is 12.4. The van der Waals surface area contributed by atoms with Crippen molar-refractivity contribution >= 4 is 33.4 Å². The summed E-state index contributed by atoms with van der Waals surface area (Å²) in [6.45, 7) is 1.75. The molecule has 0 atom stereocenters. The molecule has 2 rings (SSSR count). The van der Waals surface area contributed by atoms with Crippen molar-refractivity contribution < 1.29 is 13.2 Å². The third kappa shape index (κ3) is 5.28. The zero-order chi connectivity index (χ0) is 18.4. The molecule has 0 aliphatic rings. The molecule has 0 radical (unpaired) electrons. The molecule has 0 aliphatic carbocycles. The lowest BCUT2D eigenvalue weighted by molar-refractivity contribution is 0.249. The number of sulfonamides is 1. The average molecular weight is 381 g/mol. The molecule has 0 saturated heterocycles. The number of primary amides is 1. The topological polar surface area (TPSA) is 114 Å². The van der Waals surface area contributed by atoms with Gasteiger partial charge in [0.15, 0.2) is 0 Å². The number of hydrazone groups is 1. The highest BCUT2D eigenvalue weighted by Crippen LogP contribution is 2.16. The van der Waals surface area contributed by atoms with E-state index in [4.69, 9.17) is 17.3 Å². The molecule has 0 bridgehead atoms. The minimum Gasteiger partial charge on any atom is -0.350 e. The number of hydrogen-bond acceptors (Lipinski definition) is 4. The van der Waals surface area contributed by atoms with E-state index in [1.165, 1.54) is 12.1 Å². The summed E-state index contributed by atoms with van der Waals surface area (Å²) in [5.41, 5.74) is 8.88. The van der Waals surface area contributed by atoms with Crippen LogP contribution in [0.5, 0.6) is 0 Å². The minimum absolute atomic E-state index is 0.0901. The molecule has 0 aliphatic heterocycles. The number of halogens is 1. The Morgan fingerprint density at radius 2 is 1.80 bits per heavy atom. The molecule has 4 N–H and O–H groups in total. The molecular weight excluding hydrogens is 364 g/mol. The lowest BCUT2D eigenvalue weighted by atomic mass is 10.1. The Morgan fingerprint density at radius 1 is 1.16 bits per heavy atom. The van der Waals surface area contributed by atoms with Crippen LogP contribution in [0.25, 0.3) is 0 Å². The van der Waals surface area contributed by atoms with Crippen LogP contribution in [0.3, 0.4) is 0 Å². The fourth-order valence-corrected chi connectivity index (χ4v) is 3.19. The number of hydrogen-bond donors (Lipinski definition) is 3. The molecule has 25 heavy (non-hydrogen) atoms. The van der Waals surface area contributed by atoms with Crippen molar-refractivity contribution in [2.24, 2.45) is 10.8 Å². The van der Waals surface area contributed by atoms with E-state index in [2.05, 4.69) is 15.2 Å². The first-order chi connectivity index (χ1) is 11.8. The molecular formula is C16H17ClN4O3S. The first-order valence-corrected chi connectivity index (χ1v) is 9.09. The monoisotopic (exact) mass is 380 g/mol. The van der Waals surface area contributed by atoms with Crippen LogP contribution in [-0.2, 0) is 16.6 Å². The summed E-state index contributed by atoms with van der Waals surface area (Å²) in [5, 5.41) is 4.28. The Hall–Kier alpha value is -2.42. The maximum Gasteiger partial charge on any atom is 0.332 e. The molecule has 0 fully saturated rings. The summed E-state index contributed by atoms with van der Waals surface area (Å²) < 4.78 is 27.2. The van der Waals surface area contributed by atoms with Crippen LogP contribution >= 0.6 is 11.6 Å². The molecule has 0 heterocycles. The largest absolute Gasteiger partial charge is 0.350 e.